The van der Waals surface area contributed by atoms with Gasteiger partial charge in [-0.2, -0.15) is 0 Å². The van der Waals surface area contributed by atoms with Crippen LogP contribution in [0.1, 0.15) is 51.7 Å². The topological polar surface area (TPSA) is 25.4 Å². The molecule has 6 aromatic rings. The van der Waals surface area contributed by atoms with Crippen molar-refractivity contribution in [3.8, 4) is 33.8 Å². The van der Waals surface area contributed by atoms with Crippen LogP contribution >= 0.6 is 0 Å². The number of nitrogens with zero attached hydrogens (tertiary/aromatic N) is 2. The number of hydrogen-bond donors (Lipinski definition) is 0. The molecule has 0 unspecified atom stereocenters. The van der Waals surface area contributed by atoms with Gasteiger partial charge in [-0.1, -0.05) is 119 Å². The standard InChI is InChI=1S/C43H37BN2O/c1-42(2)22-23-43(3,4)34-27-39-36(26-33(34)42)44-35-25-31(29-13-9-6-10-14-29)17-20-37(35)46(41-40(44)38(47-39)21-24-45-41)32-18-15-30(16-19-32)28-11-7-5-8-12-28/h5-21,24-27H,22-23H2,1-4H3. The van der Waals surface area contributed by atoms with Gasteiger partial charge in [-0.3, -0.25) is 4.90 Å². The van der Waals surface area contributed by atoms with Crippen molar-refractivity contribution in [3.63, 3.8) is 0 Å². The summed E-state index contributed by atoms with van der Waals surface area (Å²) in [6, 6.07) is 44.0. The van der Waals surface area contributed by atoms with E-state index in [1.54, 1.807) is 0 Å². The van der Waals surface area contributed by atoms with Crippen molar-refractivity contribution in [3.05, 3.63) is 139 Å². The molecule has 0 radical (unpaired) electrons. The Morgan fingerprint density at radius 3 is 1.87 bits per heavy atom. The first-order valence-corrected chi connectivity index (χ1v) is 16.8. The van der Waals surface area contributed by atoms with Gasteiger partial charge in [0.1, 0.15) is 17.3 Å². The molecule has 0 N–H and O–H groups in total. The van der Waals surface area contributed by atoms with Crippen molar-refractivity contribution < 1.29 is 4.74 Å². The average molecular weight is 609 g/mol. The first-order valence-electron chi connectivity index (χ1n) is 16.8. The molecule has 0 saturated carbocycles. The van der Waals surface area contributed by atoms with Crippen molar-refractivity contribution >= 4 is 40.3 Å². The summed E-state index contributed by atoms with van der Waals surface area (Å²) in [6.45, 7) is 9.58. The monoisotopic (exact) mass is 608 g/mol. The highest BCUT2D eigenvalue weighted by Gasteiger charge is 2.45. The molecule has 9 rings (SSSR count). The lowest BCUT2D eigenvalue weighted by Gasteiger charge is -2.44. The van der Waals surface area contributed by atoms with Gasteiger partial charge in [0, 0.05) is 23.0 Å². The van der Waals surface area contributed by atoms with Gasteiger partial charge in [0.05, 0.1) is 0 Å². The van der Waals surface area contributed by atoms with Crippen LogP contribution in [0.25, 0.3) is 22.3 Å². The third-order valence-corrected chi connectivity index (χ3v) is 10.9. The van der Waals surface area contributed by atoms with E-state index in [4.69, 9.17) is 9.72 Å². The highest BCUT2D eigenvalue weighted by atomic mass is 16.5. The number of benzene rings is 5. The molecular formula is C43H37BN2O. The van der Waals surface area contributed by atoms with Gasteiger partial charge in [-0.25, -0.2) is 4.98 Å². The lowest BCUT2D eigenvalue weighted by molar-refractivity contribution is 0.330. The minimum absolute atomic E-state index is 0.00194. The maximum absolute atomic E-state index is 6.88. The Labute approximate surface area is 278 Å². The Kier molecular flexibility index (Phi) is 6.12. The Morgan fingerprint density at radius 1 is 0.596 bits per heavy atom. The summed E-state index contributed by atoms with van der Waals surface area (Å²) in [4.78, 5) is 7.42. The fourth-order valence-corrected chi connectivity index (χ4v) is 8.11. The van der Waals surface area contributed by atoms with Crippen molar-refractivity contribution in [2.24, 2.45) is 0 Å². The molecule has 0 saturated heterocycles. The van der Waals surface area contributed by atoms with Gasteiger partial charge in [-0.15, -0.1) is 0 Å². The molecule has 3 heterocycles. The largest absolute Gasteiger partial charge is 0.458 e. The lowest BCUT2D eigenvalue weighted by atomic mass is 9.34. The van der Waals surface area contributed by atoms with Crippen LogP contribution in [0.5, 0.6) is 11.5 Å². The number of pyridine rings is 1. The van der Waals surface area contributed by atoms with E-state index in [2.05, 4.69) is 148 Å². The first kappa shape index (κ1) is 28.2. The maximum atomic E-state index is 6.88. The minimum Gasteiger partial charge on any atom is -0.458 e. The summed E-state index contributed by atoms with van der Waals surface area (Å²) in [5, 5.41) is 0. The second-order valence-corrected chi connectivity index (χ2v) is 14.7. The summed E-state index contributed by atoms with van der Waals surface area (Å²) in [5.74, 6) is 2.80. The second-order valence-electron chi connectivity index (χ2n) is 14.7. The van der Waals surface area contributed by atoms with Crippen LogP contribution in [0.3, 0.4) is 0 Å². The number of hydrogen-bond acceptors (Lipinski definition) is 3. The van der Waals surface area contributed by atoms with Gasteiger partial charge >= 0.3 is 0 Å². The van der Waals surface area contributed by atoms with Gasteiger partial charge in [-0.05, 0) is 98.3 Å². The molecule has 4 heteroatoms. The van der Waals surface area contributed by atoms with E-state index in [0.717, 1.165) is 34.2 Å². The van der Waals surface area contributed by atoms with Crippen molar-refractivity contribution in [1.82, 2.24) is 4.98 Å². The predicted octanol–water partition coefficient (Wildman–Crippen LogP) is 9.17. The predicted molar refractivity (Wildman–Crippen MR) is 196 cm³/mol. The van der Waals surface area contributed by atoms with E-state index in [9.17, 15) is 0 Å². The molecule has 0 bridgehead atoms. The zero-order chi connectivity index (χ0) is 31.9. The van der Waals surface area contributed by atoms with Gasteiger partial charge in [0.15, 0.2) is 0 Å². The Bertz CT molecular complexity index is 2170. The maximum Gasteiger partial charge on any atom is 0.258 e. The third-order valence-electron chi connectivity index (χ3n) is 10.9. The summed E-state index contributed by atoms with van der Waals surface area (Å²) in [7, 11) is 0. The zero-order valence-corrected chi connectivity index (χ0v) is 27.4. The number of anilines is 3. The van der Waals surface area contributed by atoms with Crippen LogP contribution in [0.2, 0.25) is 0 Å². The number of aromatic nitrogens is 1. The molecule has 3 aliphatic rings. The minimum atomic E-state index is 0.00194. The van der Waals surface area contributed by atoms with Crippen molar-refractivity contribution in [1.29, 1.82) is 0 Å². The Balaban J connectivity index is 1.28. The van der Waals surface area contributed by atoms with Crippen LogP contribution in [-0.4, -0.2) is 11.7 Å². The second kappa shape index (κ2) is 10.2. The summed E-state index contributed by atoms with van der Waals surface area (Å²) in [6.07, 6.45) is 4.24. The highest BCUT2D eigenvalue weighted by Crippen LogP contribution is 2.48. The smallest absolute Gasteiger partial charge is 0.258 e. The fraction of sp³-hybridized carbons (Fsp3) is 0.186. The molecule has 0 atom stereocenters. The molecule has 0 amide bonds. The van der Waals surface area contributed by atoms with Gasteiger partial charge in [0.25, 0.3) is 6.71 Å². The van der Waals surface area contributed by atoms with Crippen LogP contribution in [0.4, 0.5) is 17.2 Å². The fourth-order valence-electron chi connectivity index (χ4n) is 8.11. The van der Waals surface area contributed by atoms with Crippen LogP contribution in [0.15, 0.2) is 128 Å². The SMILES string of the molecule is CC1(C)CCC(C)(C)c2cc3c(cc21)Oc1ccnc2c1B3c1cc(-c3ccccc3)ccc1N2c1ccc(-c2ccccc2)cc1. The summed E-state index contributed by atoms with van der Waals surface area (Å²) < 4.78 is 6.88. The summed E-state index contributed by atoms with van der Waals surface area (Å²) in [5.41, 5.74) is 13.8. The molecule has 0 spiro atoms. The van der Waals surface area contributed by atoms with Crippen LogP contribution in [0, 0.1) is 0 Å². The number of fused-ring (bicyclic) bond motifs is 5. The Morgan fingerprint density at radius 2 is 1.19 bits per heavy atom. The van der Waals surface area contributed by atoms with Crippen molar-refractivity contribution in [2.45, 2.75) is 51.4 Å². The third kappa shape index (κ3) is 4.38. The normalized spacial score (nSPS) is 16.3. The van der Waals surface area contributed by atoms with E-state index in [0.29, 0.717) is 0 Å². The lowest BCUT2D eigenvalue weighted by Crippen LogP contribution is -2.60. The summed E-state index contributed by atoms with van der Waals surface area (Å²) >= 11 is 0. The molecule has 5 aromatic carbocycles. The van der Waals surface area contributed by atoms with E-state index >= 15 is 0 Å². The molecule has 2 aliphatic heterocycles. The van der Waals surface area contributed by atoms with Crippen molar-refractivity contribution in [2.75, 3.05) is 4.90 Å². The number of ether oxygens (including phenoxy) is 1. The molecule has 0 fully saturated rings. The molecular weight excluding hydrogens is 571 g/mol. The van der Waals surface area contributed by atoms with Gasteiger partial charge in [0.2, 0.25) is 0 Å². The van der Waals surface area contributed by atoms with Crippen LogP contribution < -0.4 is 26.0 Å². The molecule has 47 heavy (non-hydrogen) atoms. The van der Waals surface area contributed by atoms with Crippen LogP contribution in [-0.2, 0) is 10.8 Å². The van der Waals surface area contributed by atoms with Gasteiger partial charge < -0.3 is 4.74 Å². The average Bonchev–Trinajstić information content (AvgIpc) is 3.10. The highest BCUT2D eigenvalue weighted by molar-refractivity contribution is 6.99. The Hall–Kier alpha value is -5.09. The first-order chi connectivity index (χ1) is 22.8. The molecule has 228 valence electrons. The quantitative estimate of drug-likeness (QED) is 0.187. The van der Waals surface area contributed by atoms with E-state index in [-0.39, 0.29) is 17.5 Å². The van der Waals surface area contributed by atoms with E-state index in [1.807, 2.05) is 12.3 Å². The zero-order valence-electron chi connectivity index (χ0n) is 27.4. The van der Waals surface area contributed by atoms with E-state index in [1.165, 1.54) is 57.1 Å². The molecule has 1 aromatic heterocycles. The molecule has 3 nitrogen and oxygen atoms in total. The van der Waals surface area contributed by atoms with E-state index < -0.39 is 0 Å². The number of rotatable bonds is 3. The molecule has 1 aliphatic carbocycles.